The zero-order chi connectivity index (χ0) is 17.7. The minimum atomic E-state index is -0.0196. The number of aromatic nitrogens is 1. The minimum Gasteiger partial charge on any atom is -0.492 e. The average Bonchev–Trinajstić information content (AvgIpc) is 3.04. The molecule has 4 nitrogen and oxygen atoms in total. The summed E-state index contributed by atoms with van der Waals surface area (Å²) in [5.41, 5.74) is 2.01. The Bertz CT molecular complexity index is 774. The number of thiazole rings is 1. The lowest BCUT2D eigenvalue weighted by Gasteiger charge is -2.08. The molecule has 0 fully saturated rings. The lowest BCUT2D eigenvalue weighted by atomic mass is 10.0. The van der Waals surface area contributed by atoms with Gasteiger partial charge in [0.1, 0.15) is 22.4 Å². The van der Waals surface area contributed by atoms with Crippen molar-refractivity contribution in [2.75, 3.05) is 6.61 Å². The van der Waals surface area contributed by atoms with E-state index in [-0.39, 0.29) is 11.7 Å². The van der Waals surface area contributed by atoms with Gasteiger partial charge in [-0.25, -0.2) is 4.98 Å². The zero-order valence-corrected chi connectivity index (χ0v) is 15.4. The Labute approximate surface area is 147 Å². The first kappa shape index (κ1) is 18.2. The second kappa shape index (κ2) is 8.07. The van der Waals surface area contributed by atoms with Crippen molar-refractivity contribution in [1.82, 2.24) is 4.98 Å². The maximum Gasteiger partial charge on any atom is 0.177 e. The fraction of sp³-hybridized carbons (Fsp3) is 0.421. The van der Waals surface area contributed by atoms with Gasteiger partial charge in [0.25, 0.3) is 0 Å². The number of ketones is 1. The van der Waals surface area contributed by atoms with Gasteiger partial charge in [-0.1, -0.05) is 32.9 Å². The summed E-state index contributed by atoms with van der Waals surface area (Å²) in [5, 5.41) is 10.2. The molecule has 0 amide bonds. The largest absolute Gasteiger partial charge is 0.492 e. The Balaban J connectivity index is 2.55. The summed E-state index contributed by atoms with van der Waals surface area (Å²) < 4.78 is 5.54. The third-order valence-electron chi connectivity index (χ3n) is 3.98. The Morgan fingerprint density at radius 3 is 2.71 bits per heavy atom. The molecule has 24 heavy (non-hydrogen) atoms. The van der Waals surface area contributed by atoms with Gasteiger partial charge in [-0.05, 0) is 25.8 Å². The fourth-order valence-electron chi connectivity index (χ4n) is 2.41. The lowest BCUT2D eigenvalue weighted by molar-refractivity contribution is 0.0930. The summed E-state index contributed by atoms with van der Waals surface area (Å²) in [5.74, 6) is 0.673. The smallest absolute Gasteiger partial charge is 0.177 e. The number of carbonyl (C=O) groups excluding carboxylic acids is 1. The number of nitrogens with zero attached hydrogens (tertiary/aromatic N) is 2. The van der Waals surface area contributed by atoms with Crippen molar-refractivity contribution in [2.45, 2.75) is 40.5 Å². The highest BCUT2D eigenvalue weighted by Crippen LogP contribution is 2.35. The Kier molecular flexibility index (Phi) is 6.10. The van der Waals surface area contributed by atoms with Crippen molar-refractivity contribution < 1.29 is 9.53 Å². The normalized spacial score (nSPS) is 11.8. The minimum absolute atomic E-state index is 0.0196. The SMILES string of the molecule is CCOc1cccc(-c2nc(CC)c(C(=O)C(C)CC)s2)c1C#N. The number of Topliss-reactive ketones (excluding diaryl/α,β-unsaturated/α-hetero) is 1. The molecule has 0 aliphatic heterocycles. The molecule has 0 saturated heterocycles. The number of rotatable bonds is 7. The number of benzene rings is 1. The molecule has 0 aliphatic rings. The summed E-state index contributed by atoms with van der Waals surface area (Å²) >= 11 is 1.38. The van der Waals surface area contributed by atoms with Crippen LogP contribution >= 0.6 is 11.3 Å². The van der Waals surface area contributed by atoms with Gasteiger partial charge in [-0.15, -0.1) is 11.3 Å². The molecule has 1 aromatic carbocycles. The molecule has 1 aromatic heterocycles. The molecule has 2 rings (SSSR count). The summed E-state index contributed by atoms with van der Waals surface area (Å²) in [4.78, 5) is 18.0. The third-order valence-corrected chi connectivity index (χ3v) is 5.13. The Hall–Kier alpha value is -2.19. The quantitative estimate of drug-likeness (QED) is 0.673. The molecule has 0 spiro atoms. The van der Waals surface area contributed by atoms with Crippen LogP contribution < -0.4 is 4.74 Å². The van der Waals surface area contributed by atoms with E-state index in [0.717, 1.165) is 17.7 Å². The molecule has 0 bridgehead atoms. The number of carbonyl (C=O) groups is 1. The van der Waals surface area contributed by atoms with Crippen LogP contribution in [-0.4, -0.2) is 17.4 Å². The van der Waals surface area contributed by atoms with Gasteiger partial charge in [0, 0.05) is 11.5 Å². The maximum absolute atomic E-state index is 12.6. The average molecular weight is 342 g/mol. The van der Waals surface area contributed by atoms with Crippen molar-refractivity contribution in [3.8, 4) is 22.4 Å². The topological polar surface area (TPSA) is 63.0 Å². The van der Waals surface area contributed by atoms with Crippen molar-refractivity contribution in [2.24, 2.45) is 5.92 Å². The Morgan fingerprint density at radius 2 is 2.12 bits per heavy atom. The monoisotopic (exact) mass is 342 g/mol. The van der Waals surface area contributed by atoms with E-state index in [2.05, 4.69) is 11.1 Å². The van der Waals surface area contributed by atoms with Gasteiger partial charge in [-0.2, -0.15) is 5.26 Å². The van der Waals surface area contributed by atoms with Crippen LogP contribution in [0.2, 0.25) is 0 Å². The number of ether oxygens (including phenoxy) is 1. The summed E-state index contributed by atoms with van der Waals surface area (Å²) in [6, 6.07) is 7.71. The van der Waals surface area contributed by atoms with Crippen LogP contribution in [0, 0.1) is 17.2 Å². The summed E-state index contributed by atoms with van der Waals surface area (Å²) in [7, 11) is 0. The standard InChI is InChI=1S/C19H22N2O2S/c1-5-12(4)17(22)18-15(6-2)21-19(24-18)13-9-8-10-16(23-7-3)14(13)11-20/h8-10,12H,5-7H2,1-4H3. The van der Waals surface area contributed by atoms with Crippen LogP contribution in [0.4, 0.5) is 0 Å². The number of aryl methyl sites for hydroxylation is 1. The number of nitriles is 1. The van der Waals surface area contributed by atoms with E-state index in [9.17, 15) is 10.1 Å². The molecule has 126 valence electrons. The lowest BCUT2D eigenvalue weighted by Crippen LogP contribution is -2.10. The van der Waals surface area contributed by atoms with Crippen LogP contribution in [0.25, 0.3) is 10.6 Å². The molecule has 0 radical (unpaired) electrons. The number of hydrogen-bond acceptors (Lipinski definition) is 5. The van der Waals surface area contributed by atoms with E-state index < -0.39 is 0 Å². The highest BCUT2D eigenvalue weighted by molar-refractivity contribution is 7.17. The molecule has 0 saturated carbocycles. The second-order valence-electron chi connectivity index (χ2n) is 5.55. The van der Waals surface area contributed by atoms with Crippen LogP contribution in [0.5, 0.6) is 5.75 Å². The van der Waals surface area contributed by atoms with Crippen LogP contribution in [0.15, 0.2) is 18.2 Å². The third kappa shape index (κ3) is 3.49. The molecule has 2 aromatic rings. The van der Waals surface area contributed by atoms with Crippen molar-refractivity contribution in [1.29, 1.82) is 5.26 Å². The van der Waals surface area contributed by atoms with Gasteiger partial charge in [0.05, 0.1) is 17.2 Å². The molecular formula is C19H22N2O2S. The Morgan fingerprint density at radius 1 is 1.38 bits per heavy atom. The first-order valence-electron chi connectivity index (χ1n) is 8.27. The fourth-order valence-corrected chi connectivity index (χ4v) is 3.65. The van der Waals surface area contributed by atoms with Gasteiger partial charge in [-0.3, -0.25) is 4.79 Å². The van der Waals surface area contributed by atoms with Crippen LogP contribution in [-0.2, 0) is 6.42 Å². The van der Waals surface area contributed by atoms with Crippen LogP contribution in [0.1, 0.15) is 55.0 Å². The molecule has 1 atom stereocenters. The van der Waals surface area contributed by atoms with Crippen LogP contribution in [0.3, 0.4) is 0 Å². The maximum atomic E-state index is 12.6. The molecule has 0 aliphatic carbocycles. The molecule has 1 heterocycles. The first-order valence-corrected chi connectivity index (χ1v) is 9.09. The number of hydrogen-bond donors (Lipinski definition) is 0. The van der Waals surface area contributed by atoms with Gasteiger partial charge in [0.2, 0.25) is 0 Å². The van der Waals surface area contributed by atoms with Gasteiger partial charge >= 0.3 is 0 Å². The van der Waals surface area contributed by atoms with E-state index in [1.165, 1.54) is 11.3 Å². The summed E-state index contributed by atoms with van der Waals surface area (Å²) in [6.45, 7) is 8.32. The van der Waals surface area contributed by atoms with Crippen molar-refractivity contribution in [3.05, 3.63) is 34.3 Å². The molecule has 0 N–H and O–H groups in total. The van der Waals surface area contributed by atoms with E-state index in [1.807, 2.05) is 39.8 Å². The van der Waals surface area contributed by atoms with Gasteiger partial charge in [0.15, 0.2) is 5.78 Å². The first-order chi connectivity index (χ1) is 11.6. The van der Waals surface area contributed by atoms with Gasteiger partial charge < -0.3 is 4.74 Å². The zero-order valence-electron chi connectivity index (χ0n) is 14.5. The predicted molar refractivity (Wildman–Crippen MR) is 96.6 cm³/mol. The van der Waals surface area contributed by atoms with E-state index >= 15 is 0 Å². The highest BCUT2D eigenvalue weighted by Gasteiger charge is 2.23. The van der Waals surface area contributed by atoms with E-state index in [0.29, 0.717) is 34.2 Å². The van der Waals surface area contributed by atoms with Crippen molar-refractivity contribution >= 4 is 17.1 Å². The van der Waals surface area contributed by atoms with Crippen molar-refractivity contribution in [3.63, 3.8) is 0 Å². The second-order valence-corrected chi connectivity index (χ2v) is 6.54. The molecular weight excluding hydrogens is 320 g/mol. The summed E-state index contributed by atoms with van der Waals surface area (Å²) in [6.07, 6.45) is 1.50. The molecule has 1 unspecified atom stereocenters. The molecule has 5 heteroatoms. The van der Waals surface area contributed by atoms with E-state index in [4.69, 9.17) is 4.74 Å². The highest BCUT2D eigenvalue weighted by atomic mass is 32.1. The van der Waals surface area contributed by atoms with E-state index in [1.54, 1.807) is 6.07 Å². The predicted octanol–water partition coefficient (Wildman–Crippen LogP) is 4.87.